The molecule has 1 heterocycles. The average Bonchev–Trinajstić information content (AvgIpc) is 2.48. The van der Waals surface area contributed by atoms with E-state index in [1.807, 2.05) is 12.1 Å². The minimum atomic E-state index is -4.14. The summed E-state index contributed by atoms with van der Waals surface area (Å²) in [7, 11) is 0. The van der Waals surface area contributed by atoms with E-state index in [-0.39, 0.29) is 0 Å². The fraction of sp³-hybridized carbons (Fsp3) is 0.556. The highest BCUT2D eigenvalue weighted by atomic mass is 79.9. The zero-order valence-electron chi connectivity index (χ0n) is 8.23. The molecule has 0 radical (unpaired) electrons. The smallest absolute Gasteiger partial charge is 0.289 e. The zero-order chi connectivity index (χ0) is 12.2. The molecule has 0 fully saturated rings. The van der Waals surface area contributed by atoms with Crippen LogP contribution in [0.1, 0.15) is 4.88 Å². The summed E-state index contributed by atoms with van der Waals surface area (Å²) in [6.45, 7) is -0.148. The lowest BCUT2D eigenvalue weighted by atomic mass is 10.4. The van der Waals surface area contributed by atoms with Crippen molar-refractivity contribution in [3.63, 3.8) is 0 Å². The normalized spacial score (nSPS) is 12.4. The molecule has 0 amide bonds. The molecular weight excluding hydrogens is 371 g/mol. The van der Waals surface area contributed by atoms with Crippen molar-refractivity contribution in [3.8, 4) is 0 Å². The van der Waals surface area contributed by atoms with Gasteiger partial charge in [0.2, 0.25) is 0 Å². The minimum Gasteiger partial charge on any atom is -0.289 e. The molecule has 1 nitrogen and oxygen atoms in total. The van der Waals surface area contributed by atoms with Gasteiger partial charge < -0.3 is 0 Å². The van der Waals surface area contributed by atoms with E-state index in [0.717, 1.165) is 8.66 Å². The van der Waals surface area contributed by atoms with Crippen molar-refractivity contribution in [1.29, 1.82) is 0 Å². The topological polar surface area (TPSA) is 3.24 Å². The lowest BCUT2D eigenvalue weighted by Gasteiger charge is -2.21. The highest BCUT2D eigenvalue weighted by molar-refractivity contribution is 9.11. The molecule has 1 rings (SSSR count). The van der Waals surface area contributed by atoms with E-state index >= 15 is 0 Å². The monoisotopic (exact) mass is 379 g/mol. The molecule has 0 unspecified atom stereocenters. The molecule has 0 saturated heterocycles. The summed E-state index contributed by atoms with van der Waals surface area (Å²) in [6, 6.07) is 3.69. The van der Waals surface area contributed by atoms with Crippen molar-refractivity contribution in [2.24, 2.45) is 0 Å². The van der Waals surface area contributed by atoms with Crippen molar-refractivity contribution in [2.75, 3.05) is 18.4 Å². The second-order valence-corrected chi connectivity index (χ2v) is 6.56. The predicted molar refractivity (Wildman–Crippen MR) is 67.1 cm³/mol. The van der Waals surface area contributed by atoms with Crippen LogP contribution in [0.2, 0.25) is 0 Å². The molecule has 0 aliphatic carbocycles. The maximum absolute atomic E-state index is 12.3. The lowest BCUT2D eigenvalue weighted by Crippen LogP contribution is -2.34. The van der Waals surface area contributed by atoms with Gasteiger partial charge in [-0.2, -0.15) is 13.2 Å². The molecule has 0 atom stereocenters. The first-order chi connectivity index (χ1) is 7.40. The molecule has 0 aliphatic heterocycles. The van der Waals surface area contributed by atoms with Gasteiger partial charge in [0.05, 0.1) is 10.3 Å². The minimum absolute atomic E-state index is 0.335. The molecule has 92 valence electrons. The number of rotatable bonds is 5. The van der Waals surface area contributed by atoms with E-state index in [9.17, 15) is 13.2 Å². The van der Waals surface area contributed by atoms with Gasteiger partial charge in [-0.1, -0.05) is 15.9 Å². The molecule has 16 heavy (non-hydrogen) atoms. The highest BCUT2D eigenvalue weighted by Crippen LogP contribution is 2.25. The predicted octanol–water partition coefficient (Wildman–Crippen LogP) is 4.27. The molecule has 0 saturated carbocycles. The second kappa shape index (κ2) is 6.37. The molecule has 7 heteroatoms. The van der Waals surface area contributed by atoms with E-state index in [4.69, 9.17) is 0 Å². The van der Waals surface area contributed by atoms with Gasteiger partial charge in [-0.15, -0.1) is 11.3 Å². The Morgan fingerprint density at radius 3 is 2.44 bits per heavy atom. The molecule has 0 aliphatic rings. The number of thiophene rings is 1. The van der Waals surface area contributed by atoms with Crippen LogP contribution in [-0.4, -0.2) is 29.5 Å². The maximum Gasteiger partial charge on any atom is 0.401 e. The SMILES string of the molecule is FC(F)(F)CN(CCBr)Cc1ccc(Br)s1. The number of hydrogen-bond acceptors (Lipinski definition) is 2. The van der Waals surface area contributed by atoms with Crippen molar-refractivity contribution < 1.29 is 13.2 Å². The third kappa shape index (κ3) is 5.65. The maximum atomic E-state index is 12.3. The number of hydrogen-bond donors (Lipinski definition) is 0. The summed E-state index contributed by atoms with van der Waals surface area (Å²) in [5, 5.41) is 0.537. The van der Waals surface area contributed by atoms with Crippen LogP contribution in [0.15, 0.2) is 15.9 Å². The van der Waals surface area contributed by atoms with Crippen LogP contribution < -0.4 is 0 Å². The van der Waals surface area contributed by atoms with Crippen LogP contribution in [-0.2, 0) is 6.54 Å². The Labute approximate surface area is 113 Å². The number of alkyl halides is 4. The van der Waals surface area contributed by atoms with E-state index < -0.39 is 12.7 Å². The van der Waals surface area contributed by atoms with Crippen LogP contribution in [0.25, 0.3) is 0 Å². The molecule has 1 aromatic rings. The first kappa shape index (κ1) is 14.5. The summed E-state index contributed by atoms with van der Waals surface area (Å²) in [5.74, 6) is 0. The molecule has 0 N–H and O–H groups in total. The van der Waals surface area contributed by atoms with Crippen LogP contribution >= 0.6 is 43.2 Å². The number of nitrogens with zero attached hydrogens (tertiary/aromatic N) is 1. The third-order valence-corrected chi connectivity index (χ3v) is 3.77. The highest BCUT2D eigenvalue weighted by Gasteiger charge is 2.30. The van der Waals surface area contributed by atoms with Gasteiger partial charge >= 0.3 is 6.18 Å². The molecular formula is C9H10Br2F3NS. The lowest BCUT2D eigenvalue weighted by molar-refractivity contribution is -0.146. The van der Waals surface area contributed by atoms with E-state index in [1.54, 1.807) is 0 Å². The van der Waals surface area contributed by atoms with Crippen molar-refractivity contribution in [2.45, 2.75) is 12.7 Å². The van der Waals surface area contributed by atoms with Gasteiger partial charge in [-0.25, -0.2) is 0 Å². The van der Waals surface area contributed by atoms with Crippen LogP contribution in [0.3, 0.4) is 0 Å². The summed E-state index contributed by atoms with van der Waals surface area (Å²) in [5.41, 5.74) is 0. The molecule has 1 aromatic heterocycles. The van der Waals surface area contributed by atoms with Crippen LogP contribution in [0.5, 0.6) is 0 Å². The quantitative estimate of drug-likeness (QED) is 0.689. The van der Waals surface area contributed by atoms with Gasteiger partial charge in [0.1, 0.15) is 0 Å². The Morgan fingerprint density at radius 1 is 1.31 bits per heavy atom. The number of halogens is 5. The standard InChI is InChI=1S/C9H10Br2F3NS/c10-3-4-15(6-9(12,13)14)5-7-1-2-8(11)16-7/h1-2H,3-6H2. The Hall–Kier alpha value is 0.410. The first-order valence-corrected chi connectivity index (χ1v) is 7.23. The van der Waals surface area contributed by atoms with Gasteiger partial charge in [-0.05, 0) is 28.1 Å². The van der Waals surface area contributed by atoms with Gasteiger partial charge in [0.15, 0.2) is 0 Å². The van der Waals surface area contributed by atoms with E-state index in [2.05, 4.69) is 31.9 Å². The summed E-state index contributed by atoms with van der Waals surface area (Å²) >= 11 is 7.91. The molecule has 0 aromatic carbocycles. The van der Waals surface area contributed by atoms with Crippen LogP contribution in [0.4, 0.5) is 13.2 Å². The van der Waals surface area contributed by atoms with Crippen molar-refractivity contribution in [3.05, 3.63) is 20.8 Å². The Balaban J connectivity index is 2.57. The summed E-state index contributed by atoms with van der Waals surface area (Å²) < 4.78 is 37.8. The summed E-state index contributed by atoms with van der Waals surface area (Å²) in [4.78, 5) is 2.31. The molecule has 0 spiro atoms. The van der Waals surface area contributed by atoms with E-state index in [1.165, 1.54) is 16.2 Å². The van der Waals surface area contributed by atoms with Crippen molar-refractivity contribution in [1.82, 2.24) is 4.90 Å². The summed E-state index contributed by atoms with van der Waals surface area (Å²) in [6.07, 6.45) is -4.14. The second-order valence-electron chi connectivity index (χ2n) is 3.22. The fourth-order valence-electron chi connectivity index (χ4n) is 1.24. The van der Waals surface area contributed by atoms with Gasteiger partial charge in [0.25, 0.3) is 0 Å². The Bertz CT molecular complexity index is 327. The van der Waals surface area contributed by atoms with E-state index in [0.29, 0.717) is 18.4 Å². The first-order valence-electron chi connectivity index (χ1n) is 4.50. The zero-order valence-corrected chi connectivity index (χ0v) is 12.2. The fourth-order valence-corrected chi connectivity index (χ4v) is 3.27. The van der Waals surface area contributed by atoms with Gasteiger partial charge in [0, 0.05) is 23.3 Å². The largest absolute Gasteiger partial charge is 0.401 e. The average molecular weight is 381 g/mol. The molecule has 0 bridgehead atoms. The Kier molecular flexibility index (Phi) is 5.76. The third-order valence-electron chi connectivity index (χ3n) is 1.81. The van der Waals surface area contributed by atoms with Gasteiger partial charge in [-0.3, -0.25) is 4.90 Å². The van der Waals surface area contributed by atoms with Crippen molar-refractivity contribution >= 4 is 43.2 Å². The van der Waals surface area contributed by atoms with Crippen LogP contribution in [0, 0.1) is 0 Å². The Morgan fingerprint density at radius 2 is 2.00 bits per heavy atom.